The largest absolute Gasteiger partial charge is 0.308 e. The van der Waals surface area contributed by atoms with Gasteiger partial charge in [0, 0.05) is 29.0 Å². The first-order valence-electron chi connectivity index (χ1n) is 6.96. The van der Waals surface area contributed by atoms with Gasteiger partial charge in [-0.3, -0.25) is 4.68 Å². The summed E-state index contributed by atoms with van der Waals surface area (Å²) in [6.07, 6.45) is 0. The van der Waals surface area contributed by atoms with Crippen LogP contribution in [0.3, 0.4) is 0 Å². The van der Waals surface area contributed by atoms with Crippen LogP contribution in [0.4, 0.5) is 0 Å². The molecule has 0 fully saturated rings. The topological polar surface area (TPSA) is 29.9 Å². The molecule has 0 saturated heterocycles. The van der Waals surface area contributed by atoms with E-state index in [0.29, 0.717) is 0 Å². The lowest BCUT2D eigenvalue weighted by atomic mass is 10.1. The zero-order chi connectivity index (χ0) is 15.6. The number of nitrogens with zero attached hydrogens (tertiary/aromatic N) is 2. The van der Waals surface area contributed by atoms with Crippen LogP contribution < -0.4 is 5.32 Å². The van der Waals surface area contributed by atoms with Gasteiger partial charge in [-0.25, -0.2) is 0 Å². The summed E-state index contributed by atoms with van der Waals surface area (Å²) in [6.45, 7) is 9.22. The van der Waals surface area contributed by atoms with Gasteiger partial charge in [-0.2, -0.15) is 5.10 Å². The van der Waals surface area contributed by atoms with Crippen LogP contribution >= 0.6 is 23.4 Å². The highest BCUT2D eigenvalue weighted by Gasteiger charge is 2.11. The molecule has 2 aromatic rings. The number of benzene rings is 1. The van der Waals surface area contributed by atoms with Crippen molar-refractivity contribution in [3.8, 4) is 0 Å². The predicted molar refractivity (Wildman–Crippen MR) is 90.1 cm³/mol. The van der Waals surface area contributed by atoms with Gasteiger partial charge < -0.3 is 5.32 Å². The van der Waals surface area contributed by atoms with Crippen molar-refractivity contribution in [3.63, 3.8) is 0 Å². The van der Waals surface area contributed by atoms with Crippen LogP contribution in [0.1, 0.15) is 32.0 Å². The number of aromatic nitrogens is 2. The van der Waals surface area contributed by atoms with Crippen molar-refractivity contribution in [2.45, 2.75) is 49.7 Å². The minimum Gasteiger partial charge on any atom is -0.308 e. The van der Waals surface area contributed by atoms with Crippen molar-refractivity contribution in [3.05, 3.63) is 40.5 Å². The molecule has 0 bridgehead atoms. The van der Waals surface area contributed by atoms with E-state index < -0.39 is 0 Å². The summed E-state index contributed by atoms with van der Waals surface area (Å²) in [7, 11) is 1.96. The Morgan fingerprint density at radius 3 is 2.52 bits per heavy atom. The molecule has 0 spiro atoms. The van der Waals surface area contributed by atoms with E-state index in [2.05, 4.69) is 49.4 Å². The van der Waals surface area contributed by atoms with Gasteiger partial charge in [0.1, 0.15) is 0 Å². The van der Waals surface area contributed by atoms with Crippen LogP contribution in [0, 0.1) is 6.92 Å². The Kier molecular flexibility index (Phi) is 5.02. The highest BCUT2D eigenvalue weighted by Crippen LogP contribution is 2.31. The molecule has 114 valence electrons. The molecule has 0 saturated carbocycles. The fourth-order valence-corrected chi connectivity index (χ4v) is 3.17. The smallest absolute Gasteiger partial charge is 0.0986 e. The van der Waals surface area contributed by atoms with Gasteiger partial charge >= 0.3 is 0 Å². The van der Waals surface area contributed by atoms with Gasteiger partial charge in [-0.05, 0) is 51.5 Å². The van der Waals surface area contributed by atoms with Crippen LogP contribution in [-0.2, 0) is 13.6 Å². The van der Waals surface area contributed by atoms with Gasteiger partial charge in [0.05, 0.1) is 10.7 Å². The molecule has 1 heterocycles. The average molecular weight is 324 g/mol. The number of hydrogen-bond donors (Lipinski definition) is 1. The molecule has 21 heavy (non-hydrogen) atoms. The summed E-state index contributed by atoms with van der Waals surface area (Å²) in [6, 6.07) is 8.30. The molecular weight excluding hydrogens is 302 g/mol. The summed E-state index contributed by atoms with van der Waals surface area (Å²) in [4.78, 5) is 1.13. The zero-order valence-corrected chi connectivity index (χ0v) is 14.8. The van der Waals surface area contributed by atoms with Crippen molar-refractivity contribution < 1.29 is 0 Å². The molecule has 0 amide bonds. The molecule has 0 aliphatic heterocycles. The fourth-order valence-electron chi connectivity index (χ4n) is 1.90. The second-order valence-electron chi connectivity index (χ2n) is 6.21. The maximum absolute atomic E-state index is 6.39. The summed E-state index contributed by atoms with van der Waals surface area (Å²) in [5, 5.41) is 9.73. The van der Waals surface area contributed by atoms with E-state index in [1.807, 2.05) is 24.7 Å². The zero-order valence-electron chi connectivity index (χ0n) is 13.2. The molecule has 5 heteroatoms. The molecule has 3 nitrogen and oxygen atoms in total. The molecule has 0 atom stereocenters. The molecule has 0 aliphatic carbocycles. The first kappa shape index (κ1) is 16.4. The van der Waals surface area contributed by atoms with E-state index in [9.17, 15) is 0 Å². The predicted octanol–water partition coefficient (Wildman–Crippen LogP) is 4.42. The fraction of sp³-hybridized carbons (Fsp3) is 0.438. The third-order valence-corrected chi connectivity index (χ3v) is 4.45. The molecule has 1 aromatic heterocycles. The number of aryl methyl sites for hydroxylation is 2. The second-order valence-corrected chi connectivity index (χ2v) is 7.71. The Morgan fingerprint density at radius 2 is 2.00 bits per heavy atom. The second kappa shape index (κ2) is 6.42. The van der Waals surface area contributed by atoms with Gasteiger partial charge in [0.15, 0.2) is 0 Å². The van der Waals surface area contributed by atoms with Crippen LogP contribution in [0.25, 0.3) is 0 Å². The quantitative estimate of drug-likeness (QED) is 0.903. The summed E-state index contributed by atoms with van der Waals surface area (Å²) in [5.41, 5.74) is 2.23. The molecule has 2 rings (SSSR count). The third kappa shape index (κ3) is 4.77. The molecule has 0 radical (unpaired) electrons. The highest BCUT2D eigenvalue weighted by atomic mass is 35.5. The van der Waals surface area contributed by atoms with Crippen LogP contribution in [0.2, 0.25) is 5.02 Å². The number of halogens is 1. The molecule has 0 aliphatic rings. The van der Waals surface area contributed by atoms with Gasteiger partial charge in [0.2, 0.25) is 0 Å². The lowest BCUT2D eigenvalue weighted by molar-refractivity contribution is 0.424. The van der Waals surface area contributed by atoms with E-state index >= 15 is 0 Å². The molecule has 1 N–H and O–H groups in total. The minimum atomic E-state index is 0.0863. The first-order chi connectivity index (χ1) is 9.74. The summed E-state index contributed by atoms with van der Waals surface area (Å²) in [5.74, 6) is 0. The monoisotopic (exact) mass is 323 g/mol. The molecule has 0 unspecified atom stereocenters. The Balaban J connectivity index is 2.10. The average Bonchev–Trinajstić information content (AvgIpc) is 2.65. The number of hydrogen-bond acceptors (Lipinski definition) is 3. The Morgan fingerprint density at radius 1 is 1.29 bits per heavy atom. The van der Waals surface area contributed by atoms with Crippen LogP contribution in [-0.4, -0.2) is 15.3 Å². The van der Waals surface area contributed by atoms with E-state index in [1.54, 1.807) is 11.8 Å². The van der Waals surface area contributed by atoms with Crippen molar-refractivity contribution in [1.82, 2.24) is 15.1 Å². The number of rotatable bonds is 4. The van der Waals surface area contributed by atoms with Crippen molar-refractivity contribution >= 4 is 23.4 Å². The molecular formula is C16H22ClN3S. The highest BCUT2D eigenvalue weighted by molar-refractivity contribution is 7.99. The minimum absolute atomic E-state index is 0.0863. The van der Waals surface area contributed by atoms with Gasteiger partial charge in [-0.15, -0.1) is 0 Å². The van der Waals surface area contributed by atoms with E-state index in [4.69, 9.17) is 11.6 Å². The third-order valence-electron chi connectivity index (χ3n) is 3.02. The number of nitrogens with one attached hydrogen (secondary N) is 1. The maximum atomic E-state index is 6.39. The lowest BCUT2D eigenvalue weighted by Crippen LogP contribution is -2.35. The van der Waals surface area contributed by atoms with Gasteiger partial charge in [0.25, 0.3) is 0 Å². The van der Waals surface area contributed by atoms with Crippen molar-refractivity contribution in [2.24, 2.45) is 7.05 Å². The summed E-state index contributed by atoms with van der Waals surface area (Å²) < 4.78 is 1.89. The van der Waals surface area contributed by atoms with Crippen molar-refractivity contribution in [1.29, 1.82) is 0 Å². The first-order valence-corrected chi connectivity index (χ1v) is 8.16. The standard InChI is InChI=1S/C16H22ClN3S/c1-11-8-15(20(5)19-11)21-13-7-6-12(14(17)9-13)10-18-16(2,3)4/h6-9,18H,10H2,1-5H3. The van der Waals surface area contributed by atoms with Gasteiger partial charge in [-0.1, -0.05) is 29.4 Å². The lowest BCUT2D eigenvalue weighted by Gasteiger charge is -2.21. The Bertz CT molecular complexity index is 629. The SMILES string of the molecule is Cc1cc(Sc2ccc(CNC(C)(C)C)c(Cl)c2)n(C)n1. The van der Waals surface area contributed by atoms with Crippen LogP contribution in [0.5, 0.6) is 0 Å². The van der Waals surface area contributed by atoms with E-state index in [-0.39, 0.29) is 5.54 Å². The maximum Gasteiger partial charge on any atom is 0.0986 e. The van der Waals surface area contributed by atoms with Crippen molar-refractivity contribution in [2.75, 3.05) is 0 Å². The van der Waals surface area contributed by atoms with Crippen LogP contribution in [0.15, 0.2) is 34.2 Å². The molecule has 1 aromatic carbocycles. The van der Waals surface area contributed by atoms with E-state index in [0.717, 1.165) is 32.7 Å². The Labute approximate surface area is 136 Å². The van der Waals surface area contributed by atoms with E-state index in [1.165, 1.54) is 0 Å². The summed E-state index contributed by atoms with van der Waals surface area (Å²) >= 11 is 8.07. The Hall–Kier alpha value is -0.970. The normalized spacial score (nSPS) is 11.9.